The Hall–Kier alpha value is -1.75. The third-order valence-corrected chi connectivity index (χ3v) is 5.33. The van der Waals surface area contributed by atoms with E-state index in [1.165, 1.54) is 51.4 Å². The van der Waals surface area contributed by atoms with Crippen molar-refractivity contribution in [3.05, 3.63) is 39.4 Å². The Morgan fingerprint density at radius 1 is 0.926 bits per heavy atom. The van der Waals surface area contributed by atoms with Crippen molar-refractivity contribution in [3.63, 3.8) is 0 Å². The van der Waals surface area contributed by atoms with E-state index in [9.17, 15) is 9.59 Å². The van der Waals surface area contributed by atoms with Crippen LogP contribution in [0.1, 0.15) is 88.8 Å². The maximum Gasteiger partial charge on any atom is 0.268 e. The number of nitrogens with zero attached hydrogens (tertiary/aromatic N) is 1. The molecule has 0 atom stereocenters. The minimum absolute atomic E-state index is 0.187. The van der Waals surface area contributed by atoms with Gasteiger partial charge in [-0.1, -0.05) is 83.3 Å². The van der Waals surface area contributed by atoms with E-state index in [2.05, 4.69) is 11.9 Å². The predicted octanol–water partition coefficient (Wildman–Crippen LogP) is 6.40. The quantitative estimate of drug-likeness (QED) is 0.338. The highest BCUT2D eigenvalue weighted by Gasteiger charge is 2.12. The molecule has 2 rings (SSSR count). The number of nitrogens with one attached hydrogen (secondary N) is 1. The van der Waals surface area contributed by atoms with Crippen LogP contribution in [0.25, 0.3) is 10.9 Å². The first-order chi connectivity index (χ1) is 13.1. The maximum absolute atomic E-state index is 12.5. The summed E-state index contributed by atoms with van der Waals surface area (Å²) in [4.78, 5) is 28.0. The zero-order valence-electron chi connectivity index (χ0n) is 16.5. The molecule has 0 aliphatic heterocycles. The van der Waals surface area contributed by atoms with E-state index >= 15 is 0 Å². The molecule has 5 heteroatoms. The van der Waals surface area contributed by atoms with Gasteiger partial charge in [0.25, 0.3) is 5.56 Å². The standard InChI is InChI=1S/C22H32N2O2S/c1-2-3-4-5-6-7-8-9-10-11-12-17-20(25)24-21(26)18-15-13-14-16-19(18)23-22(24)27/h13-16H,2-12,17H2,1H3,(H,23,27). The molecule has 1 N–H and O–H groups in total. The molecule has 0 amide bonds. The molecule has 1 heterocycles. The molecule has 0 radical (unpaired) electrons. The number of fused-ring (bicyclic) bond motifs is 1. The van der Waals surface area contributed by atoms with Crippen LogP contribution >= 0.6 is 12.2 Å². The first-order valence-electron chi connectivity index (χ1n) is 10.4. The van der Waals surface area contributed by atoms with E-state index in [-0.39, 0.29) is 16.2 Å². The number of carbonyl (C=O) groups is 1. The summed E-state index contributed by atoms with van der Waals surface area (Å²) in [6, 6.07) is 7.14. The van der Waals surface area contributed by atoms with Crippen molar-refractivity contribution < 1.29 is 4.79 Å². The second-order valence-corrected chi connectivity index (χ2v) is 7.68. The van der Waals surface area contributed by atoms with E-state index in [0.717, 1.165) is 23.8 Å². The van der Waals surface area contributed by atoms with Gasteiger partial charge in [0.2, 0.25) is 5.91 Å². The fraction of sp³-hybridized carbons (Fsp3) is 0.591. The molecule has 0 saturated carbocycles. The highest BCUT2D eigenvalue weighted by Crippen LogP contribution is 2.12. The number of rotatable bonds is 12. The van der Waals surface area contributed by atoms with E-state index < -0.39 is 0 Å². The van der Waals surface area contributed by atoms with E-state index in [0.29, 0.717) is 17.3 Å². The minimum atomic E-state index is -0.317. The van der Waals surface area contributed by atoms with Crippen molar-refractivity contribution in [3.8, 4) is 0 Å². The Balaban J connectivity index is 1.70. The zero-order valence-corrected chi connectivity index (χ0v) is 17.3. The summed E-state index contributed by atoms with van der Waals surface area (Å²) in [5, 5.41) is 0.499. The molecule has 148 valence electrons. The minimum Gasteiger partial charge on any atom is -0.331 e. The van der Waals surface area contributed by atoms with Crippen LogP contribution in [-0.4, -0.2) is 15.5 Å². The highest BCUT2D eigenvalue weighted by molar-refractivity contribution is 7.71. The van der Waals surface area contributed by atoms with Crippen LogP contribution in [0.5, 0.6) is 0 Å². The number of hydrogen-bond donors (Lipinski definition) is 1. The summed E-state index contributed by atoms with van der Waals surface area (Å²) in [6.07, 6.45) is 13.9. The second-order valence-electron chi connectivity index (χ2n) is 7.30. The fourth-order valence-electron chi connectivity index (χ4n) is 3.44. The molecule has 0 fully saturated rings. The molecular weight excluding hydrogens is 356 g/mol. The lowest BCUT2D eigenvalue weighted by molar-refractivity contribution is 0.0892. The van der Waals surface area contributed by atoms with Crippen molar-refractivity contribution in [1.82, 2.24) is 9.55 Å². The largest absolute Gasteiger partial charge is 0.331 e. The summed E-state index contributed by atoms with van der Waals surface area (Å²) in [5.41, 5.74) is 0.355. The lowest BCUT2D eigenvalue weighted by atomic mass is 10.1. The Morgan fingerprint density at radius 3 is 2.11 bits per heavy atom. The van der Waals surface area contributed by atoms with Gasteiger partial charge in [0.1, 0.15) is 0 Å². The molecule has 0 aliphatic rings. The number of aromatic amines is 1. The van der Waals surface area contributed by atoms with Gasteiger partial charge in [-0.05, 0) is 30.8 Å². The van der Waals surface area contributed by atoms with Crippen LogP contribution in [0, 0.1) is 4.77 Å². The van der Waals surface area contributed by atoms with Crippen LogP contribution in [0.3, 0.4) is 0 Å². The number of hydrogen-bond acceptors (Lipinski definition) is 3. The fourth-order valence-corrected chi connectivity index (χ4v) is 3.74. The van der Waals surface area contributed by atoms with Gasteiger partial charge < -0.3 is 4.98 Å². The third-order valence-electron chi connectivity index (χ3n) is 5.05. The van der Waals surface area contributed by atoms with Crippen molar-refractivity contribution >= 4 is 29.0 Å². The highest BCUT2D eigenvalue weighted by atomic mass is 32.1. The number of para-hydroxylation sites is 1. The molecular formula is C22H32N2O2S. The van der Waals surface area contributed by atoms with Gasteiger partial charge in [-0.25, -0.2) is 4.57 Å². The van der Waals surface area contributed by atoms with Crippen LogP contribution in [0.4, 0.5) is 0 Å². The van der Waals surface area contributed by atoms with Gasteiger partial charge >= 0.3 is 0 Å². The molecule has 0 bridgehead atoms. The number of unbranched alkanes of at least 4 members (excludes halogenated alkanes) is 10. The van der Waals surface area contributed by atoms with Crippen LogP contribution in [0.15, 0.2) is 29.1 Å². The normalized spacial score (nSPS) is 11.1. The van der Waals surface area contributed by atoms with E-state index in [1.807, 2.05) is 6.07 Å². The molecule has 0 unspecified atom stereocenters. The third kappa shape index (κ3) is 6.73. The SMILES string of the molecule is CCCCCCCCCCCCCC(=O)n1c(=S)[nH]c2ccccc2c1=O. The van der Waals surface area contributed by atoms with Crippen molar-refractivity contribution in [2.24, 2.45) is 0 Å². The monoisotopic (exact) mass is 388 g/mol. The summed E-state index contributed by atoms with van der Waals surface area (Å²) in [7, 11) is 0. The van der Waals surface area contributed by atoms with Crippen molar-refractivity contribution in [2.45, 2.75) is 84.0 Å². The average molecular weight is 389 g/mol. The summed E-state index contributed by atoms with van der Waals surface area (Å²) in [5.74, 6) is -0.206. The summed E-state index contributed by atoms with van der Waals surface area (Å²) >= 11 is 5.22. The van der Waals surface area contributed by atoms with Crippen LogP contribution in [0.2, 0.25) is 0 Å². The first kappa shape index (κ1) is 21.5. The van der Waals surface area contributed by atoms with E-state index in [1.54, 1.807) is 18.2 Å². The van der Waals surface area contributed by atoms with Gasteiger partial charge in [-0.2, -0.15) is 0 Å². The lowest BCUT2D eigenvalue weighted by Gasteiger charge is -2.07. The second kappa shape index (κ2) is 11.9. The van der Waals surface area contributed by atoms with Gasteiger partial charge in [0.15, 0.2) is 4.77 Å². The molecule has 0 spiro atoms. The number of carbonyl (C=O) groups excluding carboxylic acids is 1. The van der Waals surface area contributed by atoms with Gasteiger partial charge in [0.05, 0.1) is 10.9 Å². The molecule has 4 nitrogen and oxygen atoms in total. The first-order valence-corrected chi connectivity index (χ1v) is 10.8. The van der Waals surface area contributed by atoms with Crippen molar-refractivity contribution in [1.29, 1.82) is 0 Å². The van der Waals surface area contributed by atoms with Crippen LogP contribution in [-0.2, 0) is 0 Å². The number of benzene rings is 1. The molecule has 2 aromatic rings. The Kier molecular flexibility index (Phi) is 9.46. The van der Waals surface area contributed by atoms with Gasteiger partial charge in [-0.3, -0.25) is 9.59 Å². The lowest BCUT2D eigenvalue weighted by Crippen LogP contribution is -2.28. The Labute approximate surface area is 167 Å². The molecule has 1 aromatic heterocycles. The molecule has 27 heavy (non-hydrogen) atoms. The summed E-state index contributed by atoms with van der Waals surface area (Å²) in [6.45, 7) is 2.24. The average Bonchev–Trinajstić information content (AvgIpc) is 2.66. The predicted molar refractivity (Wildman–Crippen MR) is 115 cm³/mol. The number of aromatic nitrogens is 2. The molecule has 0 aliphatic carbocycles. The molecule has 0 saturated heterocycles. The Morgan fingerprint density at radius 2 is 1.48 bits per heavy atom. The maximum atomic E-state index is 12.5. The molecule has 1 aromatic carbocycles. The number of H-pyrrole nitrogens is 1. The zero-order chi connectivity index (χ0) is 19.5. The smallest absolute Gasteiger partial charge is 0.268 e. The van der Waals surface area contributed by atoms with Crippen LogP contribution < -0.4 is 5.56 Å². The van der Waals surface area contributed by atoms with Gasteiger partial charge in [-0.15, -0.1) is 0 Å². The Bertz CT molecular complexity index is 838. The topological polar surface area (TPSA) is 54.9 Å². The van der Waals surface area contributed by atoms with Crippen molar-refractivity contribution in [2.75, 3.05) is 0 Å². The van der Waals surface area contributed by atoms with E-state index in [4.69, 9.17) is 12.2 Å². The summed E-state index contributed by atoms with van der Waals surface area (Å²) < 4.78 is 1.31. The van der Waals surface area contributed by atoms with Gasteiger partial charge in [0, 0.05) is 6.42 Å².